The van der Waals surface area contributed by atoms with E-state index in [1.807, 2.05) is 0 Å². The minimum atomic E-state index is 0.952. The Morgan fingerprint density at radius 3 is 2.70 bits per heavy atom. The van der Waals surface area contributed by atoms with Gasteiger partial charge in [0, 0.05) is 6.54 Å². The van der Waals surface area contributed by atoms with E-state index in [0.29, 0.717) is 0 Å². The normalized spacial score (nSPS) is 13.2. The molecule has 0 amide bonds. The zero-order chi connectivity index (χ0) is 13.8. The summed E-state index contributed by atoms with van der Waals surface area (Å²) < 4.78 is 0. The van der Waals surface area contributed by atoms with Crippen LogP contribution in [0, 0.1) is 0 Å². The van der Waals surface area contributed by atoms with E-state index in [-0.39, 0.29) is 0 Å². The first-order valence-electron chi connectivity index (χ1n) is 7.35. The molecule has 0 bridgehead atoms. The molecule has 3 rings (SSSR count). The maximum absolute atomic E-state index is 3.54. The molecule has 1 nitrogen and oxygen atoms in total. The van der Waals surface area contributed by atoms with Crippen LogP contribution in [0.5, 0.6) is 0 Å². The summed E-state index contributed by atoms with van der Waals surface area (Å²) >= 11 is 0. The van der Waals surface area contributed by atoms with Gasteiger partial charge >= 0.3 is 0 Å². The SMILES string of the molecule is CC1=Cc2cccc(CCNCc3ccccc3)c2C1. The van der Waals surface area contributed by atoms with E-state index < -0.39 is 0 Å². The Bertz CT molecular complexity index is 611. The second-order valence-electron chi connectivity index (χ2n) is 5.56. The lowest BCUT2D eigenvalue weighted by Crippen LogP contribution is -2.17. The van der Waals surface area contributed by atoms with Gasteiger partial charge < -0.3 is 5.32 Å². The molecule has 1 heteroatoms. The summed E-state index contributed by atoms with van der Waals surface area (Å²) in [4.78, 5) is 0. The third-order valence-corrected chi connectivity index (χ3v) is 3.91. The van der Waals surface area contributed by atoms with E-state index in [1.54, 1.807) is 0 Å². The van der Waals surface area contributed by atoms with Gasteiger partial charge in [-0.25, -0.2) is 0 Å². The van der Waals surface area contributed by atoms with Gasteiger partial charge in [-0.2, -0.15) is 0 Å². The number of fused-ring (bicyclic) bond motifs is 1. The minimum absolute atomic E-state index is 0.952. The molecule has 1 aliphatic rings. The molecule has 0 atom stereocenters. The van der Waals surface area contributed by atoms with Crippen LogP contribution < -0.4 is 5.32 Å². The highest BCUT2D eigenvalue weighted by Crippen LogP contribution is 2.27. The van der Waals surface area contributed by atoms with Crippen LogP contribution >= 0.6 is 0 Å². The Kier molecular flexibility index (Phi) is 3.98. The van der Waals surface area contributed by atoms with Crippen molar-refractivity contribution in [3.63, 3.8) is 0 Å². The molecule has 0 aromatic heterocycles. The molecule has 0 heterocycles. The average molecular weight is 263 g/mol. The van der Waals surface area contributed by atoms with Gasteiger partial charge in [0.15, 0.2) is 0 Å². The Morgan fingerprint density at radius 1 is 1.00 bits per heavy atom. The fourth-order valence-electron chi connectivity index (χ4n) is 2.89. The van der Waals surface area contributed by atoms with Gasteiger partial charge in [0.05, 0.1) is 0 Å². The lowest BCUT2D eigenvalue weighted by Gasteiger charge is -2.09. The van der Waals surface area contributed by atoms with Crippen molar-refractivity contribution in [2.45, 2.75) is 26.3 Å². The number of hydrogen-bond donors (Lipinski definition) is 1. The number of hydrogen-bond acceptors (Lipinski definition) is 1. The molecule has 1 N–H and O–H groups in total. The predicted octanol–water partition coefficient (Wildman–Crippen LogP) is 3.98. The van der Waals surface area contributed by atoms with Gasteiger partial charge in [0.2, 0.25) is 0 Å². The summed E-state index contributed by atoms with van der Waals surface area (Å²) in [6.45, 7) is 4.20. The summed E-state index contributed by atoms with van der Waals surface area (Å²) in [7, 11) is 0. The van der Waals surface area contributed by atoms with Crippen molar-refractivity contribution >= 4 is 6.08 Å². The summed E-state index contributed by atoms with van der Waals surface area (Å²) in [6.07, 6.45) is 4.55. The third kappa shape index (κ3) is 3.00. The van der Waals surface area contributed by atoms with Crippen molar-refractivity contribution < 1.29 is 0 Å². The van der Waals surface area contributed by atoms with Crippen LogP contribution in [0.3, 0.4) is 0 Å². The first kappa shape index (κ1) is 13.1. The molecule has 0 saturated heterocycles. The van der Waals surface area contributed by atoms with Crippen LogP contribution in [0.25, 0.3) is 6.08 Å². The Hall–Kier alpha value is -1.86. The molecule has 0 aliphatic heterocycles. The fraction of sp³-hybridized carbons (Fsp3) is 0.263. The van der Waals surface area contributed by atoms with Crippen molar-refractivity contribution in [2.75, 3.05) is 6.54 Å². The number of allylic oxidation sites excluding steroid dienone is 1. The minimum Gasteiger partial charge on any atom is -0.312 e. The largest absolute Gasteiger partial charge is 0.312 e. The van der Waals surface area contributed by atoms with E-state index in [9.17, 15) is 0 Å². The summed E-state index contributed by atoms with van der Waals surface area (Å²) in [6, 6.07) is 17.3. The molecule has 0 radical (unpaired) electrons. The summed E-state index contributed by atoms with van der Waals surface area (Å²) in [5.41, 5.74) is 7.28. The van der Waals surface area contributed by atoms with Gasteiger partial charge in [-0.15, -0.1) is 0 Å². The number of rotatable bonds is 5. The lowest BCUT2D eigenvalue weighted by molar-refractivity contribution is 0.685. The van der Waals surface area contributed by atoms with Crippen molar-refractivity contribution in [2.24, 2.45) is 0 Å². The third-order valence-electron chi connectivity index (χ3n) is 3.91. The van der Waals surface area contributed by atoms with E-state index in [0.717, 1.165) is 25.9 Å². The number of benzene rings is 2. The standard InChI is InChI=1S/C19H21N/c1-15-12-18-9-5-8-17(19(18)13-15)10-11-20-14-16-6-3-2-4-7-16/h2-9,12,20H,10-11,13-14H2,1H3. The van der Waals surface area contributed by atoms with Crippen LogP contribution in [-0.4, -0.2) is 6.54 Å². The van der Waals surface area contributed by atoms with Gasteiger partial charge in [0.1, 0.15) is 0 Å². The zero-order valence-corrected chi connectivity index (χ0v) is 12.0. The second kappa shape index (κ2) is 6.06. The molecule has 1 aliphatic carbocycles. The molecule has 0 unspecified atom stereocenters. The molecule has 0 spiro atoms. The van der Waals surface area contributed by atoms with Gasteiger partial charge in [0.25, 0.3) is 0 Å². The van der Waals surface area contributed by atoms with E-state index in [1.165, 1.54) is 27.8 Å². The molecule has 0 fully saturated rings. The molecule has 20 heavy (non-hydrogen) atoms. The first-order valence-corrected chi connectivity index (χ1v) is 7.35. The summed E-state index contributed by atoms with van der Waals surface area (Å²) in [5, 5.41) is 3.54. The monoisotopic (exact) mass is 263 g/mol. The first-order chi connectivity index (χ1) is 9.83. The van der Waals surface area contributed by atoms with E-state index >= 15 is 0 Å². The Morgan fingerprint density at radius 2 is 1.85 bits per heavy atom. The Labute approximate surface area is 121 Å². The van der Waals surface area contributed by atoms with Crippen molar-refractivity contribution in [1.82, 2.24) is 5.32 Å². The van der Waals surface area contributed by atoms with Crippen molar-refractivity contribution in [3.8, 4) is 0 Å². The van der Waals surface area contributed by atoms with Crippen molar-refractivity contribution in [1.29, 1.82) is 0 Å². The predicted molar refractivity (Wildman–Crippen MR) is 85.6 cm³/mol. The molecular formula is C19H21N. The second-order valence-corrected chi connectivity index (χ2v) is 5.56. The maximum atomic E-state index is 3.54. The summed E-state index contributed by atoms with van der Waals surface area (Å²) in [5.74, 6) is 0. The van der Waals surface area contributed by atoms with Gasteiger partial charge in [-0.3, -0.25) is 0 Å². The molecule has 0 saturated carbocycles. The molecule has 2 aromatic carbocycles. The highest BCUT2D eigenvalue weighted by atomic mass is 14.8. The highest BCUT2D eigenvalue weighted by Gasteiger charge is 2.12. The van der Waals surface area contributed by atoms with Crippen LogP contribution in [0.1, 0.15) is 29.2 Å². The average Bonchev–Trinajstić information content (AvgIpc) is 2.86. The maximum Gasteiger partial charge on any atom is 0.0205 e. The van der Waals surface area contributed by atoms with Crippen LogP contribution in [0.15, 0.2) is 54.1 Å². The quantitative estimate of drug-likeness (QED) is 0.805. The molecular weight excluding hydrogens is 242 g/mol. The van der Waals surface area contributed by atoms with Crippen LogP contribution in [0.4, 0.5) is 0 Å². The van der Waals surface area contributed by atoms with E-state index in [2.05, 4.69) is 66.8 Å². The Balaban J connectivity index is 1.54. The molecule has 102 valence electrons. The van der Waals surface area contributed by atoms with E-state index in [4.69, 9.17) is 0 Å². The van der Waals surface area contributed by atoms with Crippen LogP contribution in [0.2, 0.25) is 0 Å². The van der Waals surface area contributed by atoms with Gasteiger partial charge in [-0.1, -0.05) is 60.2 Å². The lowest BCUT2D eigenvalue weighted by atomic mass is 10.00. The highest BCUT2D eigenvalue weighted by molar-refractivity contribution is 5.65. The van der Waals surface area contributed by atoms with Crippen molar-refractivity contribution in [3.05, 3.63) is 76.4 Å². The van der Waals surface area contributed by atoms with Crippen LogP contribution in [-0.2, 0) is 19.4 Å². The number of nitrogens with one attached hydrogen (secondary N) is 1. The molecule has 2 aromatic rings. The zero-order valence-electron chi connectivity index (χ0n) is 12.0. The smallest absolute Gasteiger partial charge is 0.0205 e. The van der Waals surface area contributed by atoms with Gasteiger partial charge in [-0.05, 0) is 48.6 Å². The topological polar surface area (TPSA) is 12.0 Å². The fourth-order valence-corrected chi connectivity index (χ4v) is 2.89.